The zero-order valence-corrected chi connectivity index (χ0v) is 12.1. The van der Waals surface area contributed by atoms with Gasteiger partial charge in [0.05, 0.1) is 17.9 Å². The number of fused-ring (bicyclic) bond motifs is 1. The summed E-state index contributed by atoms with van der Waals surface area (Å²) < 4.78 is 1.61. The zero-order chi connectivity index (χ0) is 14.9. The molecule has 1 unspecified atom stereocenters. The Morgan fingerprint density at radius 1 is 1.25 bits per heavy atom. The van der Waals surface area contributed by atoms with Gasteiger partial charge in [0.2, 0.25) is 0 Å². The first kappa shape index (κ1) is 14.7. The Labute approximate surface area is 118 Å². The van der Waals surface area contributed by atoms with Crippen LogP contribution in [0, 0.1) is 11.8 Å². The Bertz CT molecular complexity index is 584. The van der Waals surface area contributed by atoms with Gasteiger partial charge in [0, 0.05) is 0 Å². The maximum atomic E-state index is 10.5. The highest BCUT2D eigenvalue weighted by atomic mass is 16.3. The third-order valence-electron chi connectivity index (χ3n) is 4.17. The number of nitrogen functional groups attached to an aromatic ring is 1. The van der Waals surface area contributed by atoms with E-state index in [9.17, 15) is 10.2 Å². The van der Waals surface area contributed by atoms with Crippen LogP contribution in [0.25, 0.3) is 5.52 Å². The molecule has 6 heteroatoms. The van der Waals surface area contributed by atoms with Crippen LogP contribution in [0.4, 0.5) is 5.82 Å². The van der Waals surface area contributed by atoms with Gasteiger partial charge in [-0.15, -0.1) is 0 Å². The van der Waals surface area contributed by atoms with Gasteiger partial charge in [-0.1, -0.05) is 20.8 Å². The van der Waals surface area contributed by atoms with Crippen molar-refractivity contribution in [3.05, 3.63) is 24.2 Å². The Morgan fingerprint density at radius 3 is 2.60 bits per heavy atom. The summed E-state index contributed by atoms with van der Waals surface area (Å²) in [7, 11) is 0. The van der Waals surface area contributed by atoms with Gasteiger partial charge >= 0.3 is 0 Å². The van der Waals surface area contributed by atoms with Gasteiger partial charge in [0.1, 0.15) is 11.8 Å². The molecule has 2 aromatic heterocycles. The van der Waals surface area contributed by atoms with Crippen molar-refractivity contribution in [2.75, 3.05) is 5.73 Å². The molecule has 2 rings (SSSR count). The molecule has 0 radical (unpaired) electrons. The number of hydrogen-bond donors (Lipinski definition) is 3. The molecule has 0 aliphatic rings. The lowest BCUT2D eigenvalue weighted by molar-refractivity contribution is 0.0180. The molecule has 0 aromatic carbocycles. The summed E-state index contributed by atoms with van der Waals surface area (Å²) in [6.07, 6.45) is 0.893. The van der Waals surface area contributed by atoms with E-state index in [0.717, 1.165) is 0 Å². The van der Waals surface area contributed by atoms with E-state index < -0.39 is 12.2 Å². The van der Waals surface area contributed by atoms with Crippen molar-refractivity contribution in [3.8, 4) is 0 Å². The lowest BCUT2D eigenvalue weighted by Gasteiger charge is -2.28. The average molecular weight is 278 g/mol. The fraction of sp³-hybridized carbons (Fsp3) is 0.571. The zero-order valence-electron chi connectivity index (χ0n) is 12.1. The first-order valence-electron chi connectivity index (χ1n) is 6.91. The summed E-state index contributed by atoms with van der Waals surface area (Å²) in [6.45, 7) is 5.81. The van der Waals surface area contributed by atoms with Gasteiger partial charge in [-0.05, 0) is 30.4 Å². The first-order chi connectivity index (χ1) is 9.47. The normalized spacial score (nSPS) is 17.9. The minimum atomic E-state index is -0.719. The molecule has 0 spiro atoms. The van der Waals surface area contributed by atoms with E-state index >= 15 is 0 Å². The maximum absolute atomic E-state index is 10.5. The molecule has 0 amide bonds. The van der Waals surface area contributed by atoms with Gasteiger partial charge in [0.25, 0.3) is 0 Å². The molecule has 4 N–H and O–H groups in total. The van der Waals surface area contributed by atoms with E-state index in [1.54, 1.807) is 16.6 Å². The van der Waals surface area contributed by atoms with Gasteiger partial charge < -0.3 is 15.9 Å². The lowest BCUT2D eigenvalue weighted by atomic mass is 9.84. The van der Waals surface area contributed by atoms with Crippen molar-refractivity contribution in [1.29, 1.82) is 0 Å². The Balaban J connectivity index is 2.32. The molecule has 2 aromatic rings. The van der Waals surface area contributed by atoms with Gasteiger partial charge in [-0.3, -0.25) is 0 Å². The van der Waals surface area contributed by atoms with Crippen LogP contribution in [-0.4, -0.2) is 30.9 Å². The van der Waals surface area contributed by atoms with Crippen molar-refractivity contribution in [3.63, 3.8) is 0 Å². The van der Waals surface area contributed by atoms with E-state index in [1.807, 2.05) is 20.8 Å². The summed E-state index contributed by atoms with van der Waals surface area (Å²) in [6, 6.07) is 3.59. The summed E-state index contributed by atoms with van der Waals surface area (Å²) in [5, 5.41) is 24.6. The van der Waals surface area contributed by atoms with Crippen LogP contribution in [-0.2, 0) is 0 Å². The minimum Gasteiger partial charge on any atom is -0.393 e. The predicted octanol–water partition coefficient (Wildman–Crippen LogP) is 1.39. The molecular weight excluding hydrogens is 256 g/mol. The second kappa shape index (κ2) is 5.76. The van der Waals surface area contributed by atoms with E-state index in [4.69, 9.17) is 5.73 Å². The highest BCUT2D eigenvalue weighted by molar-refractivity contribution is 5.65. The van der Waals surface area contributed by atoms with Crippen molar-refractivity contribution in [2.24, 2.45) is 11.8 Å². The highest BCUT2D eigenvalue weighted by Crippen LogP contribution is 2.31. The fourth-order valence-corrected chi connectivity index (χ4v) is 2.48. The SMILES string of the molecule is CC[C@@H](O)[C@@H](C)[C@@H](C)C(O)c1ccc2c(N)ncnn12. The average Bonchev–Trinajstić information content (AvgIpc) is 2.89. The van der Waals surface area contributed by atoms with Crippen LogP contribution in [0.1, 0.15) is 39.0 Å². The summed E-state index contributed by atoms with van der Waals surface area (Å²) in [4.78, 5) is 3.93. The standard InChI is InChI=1S/C14H22N4O2/c1-4-12(19)8(2)9(3)13(20)10-5-6-11-14(15)16-7-17-18(10)11/h5-9,12-13,19-20H,4H2,1-3H3,(H2,15,16,17)/t8-,9+,12+,13?/m0/s1. The number of rotatable bonds is 5. The smallest absolute Gasteiger partial charge is 0.151 e. The fourth-order valence-electron chi connectivity index (χ4n) is 2.48. The second-order valence-corrected chi connectivity index (χ2v) is 5.34. The number of nitrogens with zero attached hydrogens (tertiary/aromatic N) is 3. The molecule has 20 heavy (non-hydrogen) atoms. The number of aliphatic hydroxyl groups is 2. The van der Waals surface area contributed by atoms with Crippen LogP contribution in [0.15, 0.2) is 18.5 Å². The molecule has 0 aliphatic heterocycles. The molecule has 110 valence electrons. The van der Waals surface area contributed by atoms with Gasteiger partial charge in [0.15, 0.2) is 5.82 Å². The monoisotopic (exact) mass is 278 g/mol. The Morgan fingerprint density at radius 2 is 1.95 bits per heavy atom. The first-order valence-corrected chi connectivity index (χ1v) is 6.91. The summed E-state index contributed by atoms with van der Waals surface area (Å²) >= 11 is 0. The molecule has 0 aliphatic carbocycles. The summed E-state index contributed by atoms with van der Waals surface area (Å²) in [5.74, 6) is 0.270. The molecule has 2 heterocycles. The van der Waals surface area contributed by atoms with Crippen molar-refractivity contribution >= 4 is 11.3 Å². The van der Waals surface area contributed by atoms with Crippen LogP contribution in [0.3, 0.4) is 0 Å². The largest absolute Gasteiger partial charge is 0.393 e. The molecule has 0 saturated carbocycles. The number of aromatic nitrogens is 3. The quantitative estimate of drug-likeness (QED) is 0.768. The third-order valence-corrected chi connectivity index (χ3v) is 4.17. The lowest BCUT2D eigenvalue weighted by Crippen LogP contribution is -2.28. The number of nitrogens with two attached hydrogens (primary N) is 1. The van der Waals surface area contributed by atoms with E-state index in [2.05, 4.69) is 10.1 Å². The van der Waals surface area contributed by atoms with Crippen molar-refractivity contribution in [2.45, 2.75) is 39.4 Å². The molecule has 6 nitrogen and oxygen atoms in total. The molecular formula is C14H22N4O2. The predicted molar refractivity (Wildman–Crippen MR) is 77.0 cm³/mol. The van der Waals surface area contributed by atoms with Crippen LogP contribution < -0.4 is 5.73 Å². The number of aliphatic hydroxyl groups excluding tert-OH is 2. The number of anilines is 1. The Hall–Kier alpha value is -1.66. The Kier molecular flexibility index (Phi) is 4.25. The molecule has 4 atom stereocenters. The van der Waals surface area contributed by atoms with E-state index in [1.165, 1.54) is 6.33 Å². The molecule has 0 bridgehead atoms. The molecule has 0 fully saturated rings. The molecule has 0 saturated heterocycles. The van der Waals surface area contributed by atoms with Crippen molar-refractivity contribution in [1.82, 2.24) is 14.6 Å². The maximum Gasteiger partial charge on any atom is 0.151 e. The van der Waals surface area contributed by atoms with E-state index in [-0.39, 0.29) is 11.8 Å². The number of hydrogen-bond acceptors (Lipinski definition) is 5. The van der Waals surface area contributed by atoms with Gasteiger partial charge in [-0.25, -0.2) is 9.50 Å². The second-order valence-electron chi connectivity index (χ2n) is 5.34. The summed E-state index contributed by atoms with van der Waals surface area (Å²) in [5.41, 5.74) is 7.12. The topological polar surface area (TPSA) is 96.7 Å². The van der Waals surface area contributed by atoms with Crippen LogP contribution in [0.2, 0.25) is 0 Å². The third kappa shape index (κ3) is 2.48. The van der Waals surface area contributed by atoms with Gasteiger partial charge in [-0.2, -0.15) is 5.10 Å². The van der Waals surface area contributed by atoms with Crippen LogP contribution >= 0.6 is 0 Å². The minimum absolute atomic E-state index is 0.0141. The van der Waals surface area contributed by atoms with E-state index in [0.29, 0.717) is 23.4 Å². The van der Waals surface area contributed by atoms with Crippen molar-refractivity contribution < 1.29 is 10.2 Å². The highest BCUT2D eigenvalue weighted by Gasteiger charge is 2.28. The van der Waals surface area contributed by atoms with Crippen LogP contribution in [0.5, 0.6) is 0 Å².